The first-order valence-corrected chi connectivity index (χ1v) is 12.6. The van der Waals surface area contributed by atoms with Gasteiger partial charge in [0.1, 0.15) is 11.6 Å². The fourth-order valence-electron chi connectivity index (χ4n) is 4.33. The Bertz CT molecular complexity index is 1280. The average Bonchev–Trinajstić information content (AvgIpc) is 3.20. The summed E-state index contributed by atoms with van der Waals surface area (Å²) in [4.78, 5) is 17.3. The first-order chi connectivity index (χ1) is 17.0. The average molecular weight is 490 g/mol. The second kappa shape index (κ2) is 11.9. The number of rotatable bonds is 11. The predicted molar refractivity (Wildman–Crippen MR) is 142 cm³/mol. The Balaban J connectivity index is 1.31. The van der Waals surface area contributed by atoms with Crippen LogP contribution < -0.4 is 10.1 Å². The minimum Gasteiger partial charge on any atom is -0.493 e. The van der Waals surface area contributed by atoms with Crippen LogP contribution in [0, 0.1) is 13.8 Å². The summed E-state index contributed by atoms with van der Waals surface area (Å²) in [6.45, 7) is 6.32. The van der Waals surface area contributed by atoms with E-state index in [-0.39, 0.29) is 5.91 Å². The number of hydrogen-bond donors (Lipinski definition) is 1. The lowest BCUT2D eigenvalue weighted by molar-refractivity contribution is 0.0953. The fourth-order valence-corrected chi connectivity index (χ4v) is 4.55. The molecule has 3 aromatic carbocycles. The number of carbonyl (C=O) groups excluding carboxylic acids is 1. The molecule has 0 aliphatic heterocycles. The van der Waals surface area contributed by atoms with Gasteiger partial charge in [0.25, 0.3) is 5.91 Å². The molecule has 4 rings (SSSR count). The van der Waals surface area contributed by atoms with E-state index in [0.29, 0.717) is 23.7 Å². The molecule has 6 heteroatoms. The molecule has 0 bridgehead atoms. The van der Waals surface area contributed by atoms with Gasteiger partial charge >= 0.3 is 0 Å². The maximum absolute atomic E-state index is 12.4. The molecule has 0 radical (unpaired) electrons. The van der Waals surface area contributed by atoms with Crippen molar-refractivity contribution in [1.29, 1.82) is 0 Å². The number of halogens is 1. The molecule has 0 atom stereocenters. The van der Waals surface area contributed by atoms with E-state index in [4.69, 9.17) is 21.3 Å². The summed E-state index contributed by atoms with van der Waals surface area (Å²) in [5.41, 5.74) is 5.02. The third kappa shape index (κ3) is 6.23. The molecular formula is C29H32ClN3O2. The zero-order valence-electron chi connectivity index (χ0n) is 20.4. The normalized spacial score (nSPS) is 11.1. The van der Waals surface area contributed by atoms with E-state index < -0.39 is 0 Å². The summed E-state index contributed by atoms with van der Waals surface area (Å²) in [5.74, 6) is 1.90. The number of nitrogens with one attached hydrogen (secondary N) is 1. The Kier molecular flexibility index (Phi) is 8.43. The van der Waals surface area contributed by atoms with Gasteiger partial charge in [-0.3, -0.25) is 4.79 Å². The standard InChI is InChI=1S/C29H32ClN3O2/c1-21-11-9-12-22(2)28(21)35-20-8-7-19-33-26-16-6-5-15-25(26)32-27(33)17-10-18-31-29(34)23-13-3-4-14-24(23)30/h3-6,9,11-16H,7-8,10,17-20H2,1-2H3,(H,31,34). The molecule has 1 N–H and O–H groups in total. The Morgan fingerprint density at radius 1 is 0.943 bits per heavy atom. The Morgan fingerprint density at radius 3 is 2.49 bits per heavy atom. The predicted octanol–water partition coefficient (Wildman–Crippen LogP) is 6.53. The van der Waals surface area contributed by atoms with Gasteiger partial charge in [-0.15, -0.1) is 0 Å². The molecule has 1 amide bonds. The number of aryl methyl sites for hydroxylation is 4. The maximum atomic E-state index is 12.4. The third-order valence-corrected chi connectivity index (χ3v) is 6.48. The molecule has 4 aromatic rings. The van der Waals surface area contributed by atoms with Crippen LogP contribution in [0.2, 0.25) is 5.02 Å². The number of amides is 1. The third-order valence-electron chi connectivity index (χ3n) is 6.15. The number of nitrogens with zero attached hydrogens (tertiary/aromatic N) is 2. The van der Waals surface area contributed by atoms with Gasteiger partial charge < -0.3 is 14.6 Å². The smallest absolute Gasteiger partial charge is 0.252 e. The van der Waals surface area contributed by atoms with Crippen molar-refractivity contribution in [3.63, 3.8) is 0 Å². The number of ether oxygens (including phenoxy) is 1. The van der Waals surface area contributed by atoms with E-state index in [0.717, 1.165) is 54.8 Å². The van der Waals surface area contributed by atoms with E-state index in [1.54, 1.807) is 12.1 Å². The van der Waals surface area contributed by atoms with Crippen LogP contribution >= 0.6 is 11.6 Å². The molecule has 0 aliphatic rings. The van der Waals surface area contributed by atoms with Gasteiger partial charge in [0.2, 0.25) is 0 Å². The van der Waals surface area contributed by atoms with Crippen molar-refractivity contribution in [3.8, 4) is 5.75 Å². The summed E-state index contributed by atoms with van der Waals surface area (Å²) in [7, 11) is 0. The molecule has 0 fully saturated rings. The van der Waals surface area contributed by atoms with E-state index >= 15 is 0 Å². The van der Waals surface area contributed by atoms with Gasteiger partial charge in [0.15, 0.2) is 0 Å². The molecule has 1 aromatic heterocycles. The van der Waals surface area contributed by atoms with Crippen molar-refractivity contribution in [2.45, 2.75) is 46.1 Å². The lowest BCUT2D eigenvalue weighted by atomic mass is 10.1. The fraction of sp³-hybridized carbons (Fsp3) is 0.310. The van der Waals surface area contributed by atoms with Crippen LogP contribution in [0.25, 0.3) is 11.0 Å². The van der Waals surface area contributed by atoms with Crippen LogP contribution in [-0.2, 0) is 13.0 Å². The molecule has 1 heterocycles. The van der Waals surface area contributed by atoms with Crippen molar-refractivity contribution in [3.05, 3.63) is 94.3 Å². The highest BCUT2D eigenvalue weighted by molar-refractivity contribution is 6.33. The maximum Gasteiger partial charge on any atom is 0.252 e. The molecule has 35 heavy (non-hydrogen) atoms. The van der Waals surface area contributed by atoms with Gasteiger partial charge in [-0.2, -0.15) is 0 Å². The highest BCUT2D eigenvalue weighted by Crippen LogP contribution is 2.23. The van der Waals surface area contributed by atoms with Crippen molar-refractivity contribution >= 4 is 28.5 Å². The van der Waals surface area contributed by atoms with Crippen LogP contribution in [0.5, 0.6) is 5.75 Å². The van der Waals surface area contributed by atoms with Gasteiger partial charge in [-0.05, 0) is 68.5 Å². The number of imidazole rings is 1. The SMILES string of the molecule is Cc1cccc(C)c1OCCCCn1c(CCCNC(=O)c2ccccc2Cl)nc2ccccc21. The Hall–Kier alpha value is -3.31. The summed E-state index contributed by atoms with van der Waals surface area (Å²) in [6.07, 6.45) is 3.56. The van der Waals surface area contributed by atoms with Crippen LogP contribution in [0.3, 0.4) is 0 Å². The second-order valence-electron chi connectivity index (χ2n) is 8.78. The minimum atomic E-state index is -0.145. The number of para-hydroxylation sites is 3. The zero-order valence-corrected chi connectivity index (χ0v) is 21.1. The van der Waals surface area contributed by atoms with E-state index in [1.807, 2.05) is 18.2 Å². The Labute approximate surface area is 212 Å². The molecular weight excluding hydrogens is 458 g/mol. The number of fused-ring (bicyclic) bond motifs is 1. The van der Waals surface area contributed by atoms with Crippen LogP contribution in [-0.4, -0.2) is 28.6 Å². The van der Waals surface area contributed by atoms with Gasteiger partial charge in [-0.25, -0.2) is 4.98 Å². The second-order valence-corrected chi connectivity index (χ2v) is 9.19. The van der Waals surface area contributed by atoms with Crippen LogP contribution in [0.15, 0.2) is 66.7 Å². The molecule has 0 spiro atoms. The first-order valence-electron chi connectivity index (χ1n) is 12.2. The molecule has 5 nitrogen and oxygen atoms in total. The number of aromatic nitrogens is 2. The van der Waals surface area contributed by atoms with Crippen molar-refractivity contribution in [2.75, 3.05) is 13.2 Å². The molecule has 182 valence electrons. The van der Waals surface area contributed by atoms with Crippen LogP contribution in [0.1, 0.15) is 46.6 Å². The summed E-state index contributed by atoms with van der Waals surface area (Å²) < 4.78 is 8.39. The number of unbranched alkanes of at least 4 members (excludes halogenated alkanes) is 1. The summed E-state index contributed by atoms with van der Waals surface area (Å²) in [5, 5.41) is 3.44. The summed E-state index contributed by atoms with van der Waals surface area (Å²) >= 11 is 6.13. The highest BCUT2D eigenvalue weighted by atomic mass is 35.5. The quantitative estimate of drug-likeness (QED) is 0.244. The monoisotopic (exact) mass is 489 g/mol. The Morgan fingerprint density at radius 2 is 1.69 bits per heavy atom. The topological polar surface area (TPSA) is 56.1 Å². The van der Waals surface area contributed by atoms with Gasteiger partial charge in [-0.1, -0.05) is 54.1 Å². The van der Waals surface area contributed by atoms with Gasteiger partial charge in [0, 0.05) is 19.5 Å². The minimum absolute atomic E-state index is 0.145. The van der Waals surface area contributed by atoms with E-state index in [1.165, 1.54) is 11.1 Å². The van der Waals surface area contributed by atoms with Crippen molar-refractivity contribution in [2.24, 2.45) is 0 Å². The van der Waals surface area contributed by atoms with Crippen molar-refractivity contribution in [1.82, 2.24) is 14.9 Å². The van der Waals surface area contributed by atoms with Crippen molar-refractivity contribution < 1.29 is 9.53 Å². The molecule has 0 saturated heterocycles. The molecule has 0 unspecified atom stereocenters. The zero-order chi connectivity index (χ0) is 24.6. The number of hydrogen-bond acceptors (Lipinski definition) is 3. The number of carbonyl (C=O) groups is 1. The number of benzene rings is 3. The van der Waals surface area contributed by atoms with Crippen LogP contribution in [0.4, 0.5) is 0 Å². The molecule has 0 saturated carbocycles. The summed E-state index contributed by atoms with van der Waals surface area (Å²) in [6, 6.07) is 21.6. The first kappa shape index (κ1) is 24.8. The largest absolute Gasteiger partial charge is 0.493 e. The van der Waals surface area contributed by atoms with E-state index in [9.17, 15) is 4.79 Å². The lowest BCUT2D eigenvalue weighted by Crippen LogP contribution is -2.25. The highest BCUT2D eigenvalue weighted by Gasteiger charge is 2.12. The van der Waals surface area contributed by atoms with E-state index in [2.05, 4.69) is 60.1 Å². The van der Waals surface area contributed by atoms with Gasteiger partial charge in [0.05, 0.1) is 28.2 Å². The lowest BCUT2D eigenvalue weighted by Gasteiger charge is -2.13. The molecule has 0 aliphatic carbocycles.